The molecular formula is C18H34O3. The van der Waals surface area contributed by atoms with E-state index in [9.17, 15) is 9.90 Å². The molecule has 21 heavy (non-hydrogen) atoms. The van der Waals surface area contributed by atoms with Gasteiger partial charge in [0.05, 0.1) is 6.10 Å². The SMILES string of the molecule is CCCC[C@@H](O)/C=C\CCCCCCCCCCC(=O)O. The predicted octanol–water partition coefficient (Wildman–Crippen LogP) is 5.08. The summed E-state index contributed by atoms with van der Waals surface area (Å²) in [4.78, 5) is 10.3. The van der Waals surface area contributed by atoms with Crippen molar-refractivity contribution in [3.8, 4) is 0 Å². The minimum absolute atomic E-state index is 0.254. The molecule has 3 heteroatoms. The summed E-state index contributed by atoms with van der Waals surface area (Å²) in [6, 6.07) is 0. The van der Waals surface area contributed by atoms with Crippen molar-refractivity contribution in [3.63, 3.8) is 0 Å². The van der Waals surface area contributed by atoms with E-state index in [0.29, 0.717) is 6.42 Å². The fourth-order valence-corrected chi connectivity index (χ4v) is 2.36. The zero-order valence-electron chi connectivity index (χ0n) is 13.7. The molecule has 0 saturated heterocycles. The Morgan fingerprint density at radius 2 is 1.52 bits per heavy atom. The summed E-state index contributed by atoms with van der Waals surface area (Å²) in [5.41, 5.74) is 0. The number of hydrogen-bond acceptors (Lipinski definition) is 2. The van der Waals surface area contributed by atoms with Crippen LogP contribution in [-0.2, 0) is 4.79 Å². The van der Waals surface area contributed by atoms with Gasteiger partial charge < -0.3 is 10.2 Å². The highest BCUT2D eigenvalue weighted by Gasteiger charge is 1.97. The maximum atomic E-state index is 10.3. The van der Waals surface area contributed by atoms with Crippen molar-refractivity contribution in [1.82, 2.24) is 0 Å². The lowest BCUT2D eigenvalue weighted by atomic mass is 10.1. The summed E-state index contributed by atoms with van der Waals surface area (Å²) >= 11 is 0. The molecule has 0 bridgehead atoms. The van der Waals surface area contributed by atoms with Gasteiger partial charge in [-0.15, -0.1) is 0 Å². The Kier molecular flexibility index (Phi) is 14.9. The number of aliphatic hydroxyl groups is 1. The van der Waals surface area contributed by atoms with E-state index in [0.717, 1.165) is 44.9 Å². The normalized spacial score (nSPS) is 12.9. The standard InChI is InChI=1S/C18H34O3/c1-2-3-14-17(19)15-12-10-8-6-4-5-7-9-11-13-16-18(20)21/h12,15,17,19H,2-11,13-14,16H2,1H3,(H,20,21)/b15-12-/t17-/m1/s1. The summed E-state index contributed by atoms with van der Waals surface area (Å²) in [6.45, 7) is 2.14. The van der Waals surface area contributed by atoms with Gasteiger partial charge in [0.15, 0.2) is 0 Å². The van der Waals surface area contributed by atoms with E-state index in [1.165, 1.54) is 32.1 Å². The Labute approximate surface area is 130 Å². The third-order valence-electron chi connectivity index (χ3n) is 3.72. The molecule has 1 atom stereocenters. The molecule has 0 fully saturated rings. The van der Waals surface area contributed by atoms with Crippen LogP contribution in [0.4, 0.5) is 0 Å². The molecule has 0 spiro atoms. The van der Waals surface area contributed by atoms with Crippen LogP contribution >= 0.6 is 0 Å². The second kappa shape index (κ2) is 15.6. The van der Waals surface area contributed by atoms with Crippen LogP contribution in [0.25, 0.3) is 0 Å². The Morgan fingerprint density at radius 1 is 0.952 bits per heavy atom. The number of hydrogen-bond donors (Lipinski definition) is 2. The zero-order chi connectivity index (χ0) is 15.8. The fraction of sp³-hybridized carbons (Fsp3) is 0.833. The number of rotatable bonds is 15. The summed E-state index contributed by atoms with van der Waals surface area (Å²) in [6.07, 6.45) is 17.6. The van der Waals surface area contributed by atoms with Gasteiger partial charge in [-0.2, -0.15) is 0 Å². The van der Waals surface area contributed by atoms with Crippen molar-refractivity contribution in [2.24, 2.45) is 0 Å². The molecule has 0 aliphatic rings. The smallest absolute Gasteiger partial charge is 0.303 e. The van der Waals surface area contributed by atoms with Crippen molar-refractivity contribution >= 4 is 5.97 Å². The highest BCUT2D eigenvalue weighted by molar-refractivity contribution is 5.66. The molecule has 0 radical (unpaired) electrons. The van der Waals surface area contributed by atoms with Crippen LogP contribution in [0.15, 0.2) is 12.2 Å². The number of carboxylic acids is 1. The maximum Gasteiger partial charge on any atom is 0.303 e. The third-order valence-corrected chi connectivity index (χ3v) is 3.72. The number of allylic oxidation sites excluding steroid dienone is 1. The second-order valence-electron chi connectivity index (χ2n) is 5.90. The van der Waals surface area contributed by atoms with Crippen LogP contribution < -0.4 is 0 Å². The van der Waals surface area contributed by atoms with Gasteiger partial charge >= 0.3 is 5.97 Å². The highest BCUT2D eigenvalue weighted by Crippen LogP contribution is 2.11. The molecule has 3 nitrogen and oxygen atoms in total. The van der Waals surface area contributed by atoms with Crippen molar-refractivity contribution in [2.45, 2.75) is 96.5 Å². The topological polar surface area (TPSA) is 57.5 Å². The van der Waals surface area contributed by atoms with E-state index in [4.69, 9.17) is 5.11 Å². The first-order valence-electron chi connectivity index (χ1n) is 8.73. The second-order valence-corrected chi connectivity index (χ2v) is 5.90. The van der Waals surface area contributed by atoms with Crippen LogP contribution in [0.5, 0.6) is 0 Å². The number of unbranched alkanes of at least 4 members (excludes halogenated alkanes) is 9. The third kappa shape index (κ3) is 17.1. The first-order chi connectivity index (χ1) is 10.2. The minimum atomic E-state index is -0.678. The largest absolute Gasteiger partial charge is 0.481 e. The Bertz CT molecular complexity index is 261. The van der Waals surface area contributed by atoms with Gasteiger partial charge in [-0.3, -0.25) is 4.79 Å². The molecule has 124 valence electrons. The molecule has 0 aromatic heterocycles. The van der Waals surface area contributed by atoms with E-state index in [1.54, 1.807) is 0 Å². The molecule has 0 aliphatic heterocycles. The molecule has 0 rings (SSSR count). The van der Waals surface area contributed by atoms with Crippen LogP contribution in [0, 0.1) is 0 Å². The predicted molar refractivity (Wildman–Crippen MR) is 88.5 cm³/mol. The number of carbonyl (C=O) groups is 1. The van der Waals surface area contributed by atoms with Crippen molar-refractivity contribution in [3.05, 3.63) is 12.2 Å². The molecule has 0 amide bonds. The molecule has 0 heterocycles. The van der Waals surface area contributed by atoms with E-state index >= 15 is 0 Å². The van der Waals surface area contributed by atoms with Gasteiger partial charge in [0.25, 0.3) is 0 Å². The van der Waals surface area contributed by atoms with Crippen molar-refractivity contribution < 1.29 is 15.0 Å². The van der Waals surface area contributed by atoms with Crippen molar-refractivity contribution in [2.75, 3.05) is 0 Å². The van der Waals surface area contributed by atoms with Gasteiger partial charge in [0, 0.05) is 6.42 Å². The van der Waals surface area contributed by atoms with E-state index in [-0.39, 0.29) is 6.10 Å². The minimum Gasteiger partial charge on any atom is -0.481 e. The monoisotopic (exact) mass is 298 g/mol. The molecule has 0 saturated carbocycles. The molecule has 0 aromatic rings. The maximum absolute atomic E-state index is 10.3. The van der Waals surface area contributed by atoms with E-state index < -0.39 is 5.97 Å². The molecule has 2 N–H and O–H groups in total. The molecule has 0 aliphatic carbocycles. The highest BCUT2D eigenvalue weighted by atomic mass is 16.4. The zero-order valence-corrected chi connectivity index (χ0v) is 13.7. The van der Waals surface area contributed by atoms with Crippen LogP contribution in [0.2, 0.25) is 0 Å². The van der Waals surface area contributed by atoms with E-state index in [2.05, 4.69) is 13.0 Å². The summed E-state index contributed by atoms with van der Waals surface area (Å²) in [7, 11) is 0. The number of aliphatic hydroxyl groups excluding tert-OH is 1. The van der Waals surface area contributed by atoms with Gasteiger partial charge in [-0.05, 0) is 25.7 Å². The van der Waals surface area contributed by atoms with Crippen LogP contribution in [0.3, 0.4) is 0 Å². The average molecular weight is 298 g/mol. The Balaban J connectivity index is 3.18. The lowest BCUT2D eigenvalue weighted by Gasteiger charge is -2.03. The first-order valence-corrected chi connectivity index (χ1v) is 8.73. The van der Waals surface area contributed by atoms with Gasteiger partial charge in [-0.1, -0.05) is 70.4 Å². The number of carboxylic acid groups (broad SMARTS) is 1. The van der Waals surface area contributed by atoms with Gasteiger partial charge in [0.1, 0.15) is 0 Å². The first kappa shape index (κ1) is 20.2. The molecule has 0 unspecified atom stereocenters. The van der Waals surface area contributed by atoms with Gasteiger partial charge in [-0.25, -0.2) is 0 Å². The van der Waals surface area contributed by atoms with Crippen LogP contribution in [0.1, 0.15) is 90.4 Å². The van der Waals surface area contributed by atoms with Crippen molar-refractivity contribution in [1.29, 1.82) is 0 Å². The van der Waals surface area contributed by atoms with Crippen LogP contribution in [-0.4, -0.2) is 22.3 Å². The Morgan fingerprint density at radius 3 is 2.10 bits per heavy atom. The summed E-state index contributed by atoms with van der Waals surface area (Å²) in [5.74, 6) is -0.678. The lowest BCUT2D eigenvalue weighted by molar-refractivity contribution is -0.137. The van der Waals surface area contributed by atoms with E-state index in [1.807, 2.05) is 6.08 Å². The summed E-state index contributed by atoms with van der Waals surface area (Å²) < 4.78 is 0. The fourth-order valence-electron chi connectivity index (χ4n) is 2.36. The average Bonchev–Trinajstić information content (AvgIpc) is 2.45. The Hall–Kier alpha value is -0.830. The lowest BCUT2D eigenvalue weighted by Crippen LogP contribution is -2.00. The number of aliphatic carboxylic acids is 1. The van der Waals surface area contributed by atoms with Gasteiger partial charge in [0.2, 0.25) is 0 Å². The quantitative estimate of drug-likeness (QED) is 0.327. The molecule has 0 aromatic carbocycles. The summed E-state index contributed by atoms with van der Waals surface area (Å²) in [5, 5.41) is 18.1. The molecular weight excluding hydrogens is 264 g/mol.